The predicted molar refractivity (Wildman–Crippen MR) is 155 cm³/mol. The lowest BCUT2D eigenvalue weighted by molar-refractivity contribution is 0.187. The van der Waals surface area contributed by atoms with Crippen LogP contribution in [0, 0.1) is 17.1 Å². The molecular weight excluding hydrogens is 539 g/mol. The highest BCUT2D eigenvalue weighted by Crippen LogP contribution is 2.41. The average molecular weight is 567 g/mol. The SMILES string of the molecule is COCCn1cc(Nc2nc(N)nc(-c3cccc(-n4ccc5cc(C6CC6)cc(F)c5c4=O)c3CO)n2)cc1C#N. The Hall–Kier alpha value is -5.12. The van der Waals surface area contributed by atoms with E-state index in [-0.39, 0.29) is 23.1 Å². The molecule has 212 valence electrons. The van der Waals surface area contributed by atoms with Crippen LogP contribution in [0.15, 0.2) is 59.7 Å². The number of nitrogens with zero attached hydrogens (tertiary/aromatic N) is 6. The second-order valence-electron chi connectivity index (χ2n) is 10.1. The summed E-state index contributed by atoms with van der Waals surface area (Å²) in [7, 11) is 1.58. The van der Waals surface area contributed by atoms with E-state index in [0.717, 1.165) is 18.4 Å². The van der Waals surface area contributed by atoms with Gasteiger partial charge in [-0.15, -0.1) is 0 Å². The summed E-state index contributed by atoms with van der Waals surface area (Å²) in [6.45, 7) is 0.458. The van der Waals surface area contributed by atoms with Gasteiger partial charge in [-0.1, -0.05) is 18.2 Å². The van der Waals surface area contributed by atoms with E-state index >= 15 is 4.39 Å². The zero-order valence-corrected chi connectivity index (χ0v) is 22.7. The topological polar surface area (TPSA) is 157 Å². The van der Waals surface area contributed by atoms with Crippen LogP contribution in [0.25, 0.3) is 27.8 Å². The van der Waals surface area contributed by atoms with Crippen molar-refractivity contribution in [2.75, 3.05) is 24.8 Å². The molecule has 42 heavy (non-hydrogen) atoms. The Morgan fingerprint density at radius 1 is 1.21 bits per heavy atom. The fourth-order valence-corrected chi connectivity index (χ4v) is 5.11. The van der Waals surface area contributed by atoms with E-state index in [2.05, 4.69) is 26.3 Å². The van der Waals surface area contributed by atoms with Gasteiger partial charge >= 0.3 is 0 Å². The number of pyridine rings is 1. The number of nitriles is 1. The fraction of sp³-hybridized carbons (Fsp3) is 0.233. The Balaban J connectivity index is 1.39. The molecule has 2 aromatic carbocycles. The number of methoxy groups -OCH3 is 1. The van der Waals surface area contributed by atoms with E-state index in [4.69, 9.17) is 10.5 Å². The molecule has 6 rings (SSSR count). The third kappa shape index (κ3) is 5.07. The maximum absolute atomic E-state index is 15.2. The van der Waals surface area contributed by atoms with Gasteiger partial charge in [0, 0.05) is 37.2 Å². The van der Waals surface area contributed by atoms with Crippen molar-refractivity contribution in [1.29, 1.82) is 5.26 Å². The first-order chi connectivity index (χ1) is 20.4. The summed E-state index contributed by atoms with van der Waals surface area (Å²) in [5, 5.41) is 23.5. The first-order valence-electron chi connectivity index (χ1n) is 13.4. The molecule has 5 aromatic rings. The van der Waals surface area contributed by atoms with Crippen LogP contribution in [0.1, 0.15) is 35.6 Å². The summed E-state index contributed by atoms with van der Waals surface area (Å²) in [5.74, 6) is -0.0133. The molecule has 0 spiro atoms. The fourth-order valence-electron chi connectivity index (χ4n) is 5.11. The van der Waals surface area contributed by atoms with Gasteiger partial charge in [-0.05, 0) is 54.0 Å². The highest BCUT2D eigenvalue weighted by atomic mass is 19.1. The number of aromatic nitrogens is 5. The van der Waals surface area contributed by atoms with Crippen molar-refractivity contribution in [3.8, 4) is 23.1 Å². The lowest BCUT2D eigenvalue weighted by atomic mass is 10.0. The molecule has 0 bridgehead atoms. The van der Waals surface area contributed by atoms with Crippen molar-refractivity contribution < 1.29 is 14.2 Å². The number of nitrogens with two attached hydrogens (primary N) is 1. The average Bonchev–Trinajstić information content (AvgIpc) is 3.76. The Kier molecular flexibility index (Phi) is 7.12. The van der Waals surface area contributed by atoms with Crippen molar-refractivity contribution in [2.24, 2.45) is 0 Å². The number of hydrogen-bond donors (Lipinski definition) is 3. The quantitative estimate of drug-likeness (QED) is 0.240. The number of aliphatic hydroxyl groups excluding tert-OH is 1. The van der Waals surface area contributed by atoms with Crippen LogP contribution in [-0.2, 0) is 17.9 Å². The number of aliphatic hydroxyl groups is 1. The minimum absolute atomic E-state index is 0.0127. The van der Waals surface area contributed by atoms with Gasteiger partial charge in [-0.25, -0.2) is 4.39 Å². The minimum Gasteiger partial charge on any atom is -0.392 e. The van der Waals surface area contributed by atoms with Gasteiger partial charge in [0.05, 0.1) is 30.0 Å². The molecule has 1 aliphatic rings. The molecule has 11 nitrogen and oxygen atoms in total. The van der Waals surface area contributed by atoms with E-state index < -0.39 is 18.0 Å². The molecule has 4 N–H and O–H groups in total. The number of nitrogens with one attached hydrogen (secondary N) is 1. The number of hydrogen-bond acceptors (Lipinski definition) is 9. The summed E-state index contributed by atoms with van der Waals surface area (Å²) in [6, 6.07) is 13.9. The van der Waals surface area contributed by atoms with E-state index in [1.807, 2.05) is 6.07 Å². The summed E-state index contributed by atoms with van der Waals surface area (Å²) >= 11 is 0. The molecule has 1 saturated carbocycles. The second-order valence-corrected chi connectivity index (χ2v) is 10.1. The van der Waals surface area contributed by atoms with E-state index in [0.29, 0.717) is 52.7 Å². The number of anilines is 3. The Morgan fingerprint density at radius 3 is 2.79 bits per heavy atom. The molecule has 1 fully saturated rings. The first kappa shape index (κ1) is 27.1. The highest BCUT2D eigenvalue weighted by Gasteiger charge is 2.25. The van der Waals surface area contributed by atoms with Crippen LogP contribution in [0.2, 0.25) is 0 Å². The van der Waals surface area contributed by atoms with Crippen LogP contribution < -0.4 is 16.6 Å². The van der Waals surface area contributed by atoms with Crippen molar-refractivity contribution >= 4 is 28.4 Å². The molecule has 0 saturated heterocycles. The van der Waals surface area contributed by atoms with E-state index in [1.54, 1.807) is 54.4 Å². The van der Waals surface area contributed by atoms with Crippen LogP contribution in [0.5, 0.6) is 0 Å². The molecular formula is C30H27FN8O3. The lowest BCUT2D eigenvalue weighted by Gasteiger charge is -2.16. The number of fused-ring (bicyclic) bond motifs is 1. The summed E-state index contributed by atoms with van der Waals surface area (Å²) in [6.07, 6.45) is 5.36. The van der Waals surface area contributed by atoms with Gasteiger partial charge in [0.2, 0.25) is 11.9 Å². The largest absolute Gasteiger partial charge is 0.392 e. The zero-order valence-electron chi connectivity index (χ0n) is 22.7. The molecule has 0 radical (unpaired) electrons. The van der Waals surface area contributed by atoms with Gasteiger partial charge in [-0.2, -0.15) is 20.2 Å². The highest BCUT2D eigenvalue weighted by molar-refractivity contribution is 5.83. The van der Waals surface area contributed by atoms with Crippen molar-refractivity contribution in [1.82, 2.24) is 24.1 Å². The first-order valence-corrected chi connectivity index (χ1v) is 13.4. The smallest absolute Gasteiger partial charge is 0.265 e. The third-order valence-electron chi connectivity index (χ3n) is 7.29. The van der Waals surface area contributed by atoms with Gasteiger partial charge in [0.25, 0.3) is 5.56 Å². The molecule has 3 aromatic heterocycles. The molecule has 12 heteroatoms. The van der Waals surface area contributed by atoms with Crippen molar-refractivity contribution in [3.05, 3.63) is 87.9 Å². The summed E-state index contributed by atoms with van der Waals surface area (Å²) < 4.78 is 23.3. The van der Waals surface area contributed by atoms with Crippen LogP contribution >= 0.6 is 0 Å². The van der Waals surface area contributed by atoms with Crippen molar-refractivity contribution in [2.45, 2.75) is 31.9 Å². The number of benzene rings is 2. The third-order valence-corrected chi connectivity index (χ3v) is 7.29. The van der Waals surface area contributed by atoms with Gasteiger partial charge in [0.15, 0.2) is 5.82 Å². The second kappa shape index (κ2) is 11.0. The minimum atomic E-state index is -0.563. The molecule has 0 aliphatic heterocycles. The maximum atomic E-state index is 15.2. The Labute approximate surface area is 239 Å². The number of nitrogen functional groups attached to an aromatic ring is 1. The number of ether oxygens (including phenoxy) is 1. The molecule has 0 atom stereocenters. The van der Waals surface area contributed by atoms with Gasteiger partial charge in [0.1, 0.15) is 17.6 Å². The lowest BCUT2D eigenvalue weighted by Crippen LogP contribution is -2.20. The summed E-state index contributed by atoms with van der Waals surface area (Å²) in [4.78, 5) is 26.5. The van der Waals surface area contributed by atoms with Crippen LogP contribution in [-0.4, -0.2) is 42.9 Å². The van der Waals surface area contributed by atoms with E-state index in [9.17, 15) is 15.2 Å². The molecule has 1 aliphatic carbocycles. The monoisotopic (exact) mass is 566 g/mol. The maximum Gasteiger partial charge on any atom is 0.265 e. The Morgan fingerprint density at radius 2 is 2.05 bits per heavy atom. The predicted octanol–water partition coefficient (Wildman–Crippen LogP) is 4.00. The van der Waals surface area contributed by atoms with E-state index in [1.165, 1.54) is 10.6 Å². The molecule has 3 heterocycles. The standard InChI is InChI=1S/C30H27FN8O3/c1-42-10-9-38-15-20(13-21(38)14-32)34-30-36-27(35-29(33)37-30)22-3-2-4-25(23(22)16-40)39-8-7-18-11-19(17-5-6-17)12-24(31)26(18)28(39)41/h2-4,7-8,11-13,15,17,40H,5-6,9-10,16H2,1H3,(H3,33,34,35,36,37). The van der Waals surface area contributed by atoms with Crippen LogP contribution in [0.4, 0.5) is 22.0 Å². The zero-order chi connectivity index (χ0) is 29.4. The van der Waals surface area contributed by atoms with Crippen molar-refractivity contribution in [3.63, 3.8) is 0 Å². The summed E-state index contributed by atoms with van der Waals surface area (Å²) in [5.41, 5.74) is 8.50. The Bertz CT molecular complexity index is 1920. The van der Waals surface area contributed by atoms with Crippen LogP contribution in [0.3, 0.4) is 0 Å². The van der Waals surface area contributed by atoms with Gasteiger partial charge < -0.3 is 25.5 Å². The number of halogens is 1. The molecule has 0 unspecified atom stereocenters. The van der Waals surface area contributed by atoms with Gasteiger partial charge in [-0.3, -0.25) is 9.36 Å². The normalized spacial score (nSPS) is 12.9. The number of rotatable bonds is 9. The molecule has 0 amide bonds.